The quantitative estimate of drug-likeness (QED) is 0.631. The van der Waals surface area contributed by atoms with Gasteiger partial charge in [0.05, 0.1) is 16.7 Å². The molecule has 3 heterocycles. The minimum absolute atomic E-state index is 0.0416. The summed E-state index contributed by atoms with van der Waals surface area (Å²) in [5.41, 5.74) is 2.48. The van der Waals surface area contributed by atoms with E-state index in [0.29, 0.717) is 30.5 Å². The van der Waals surface area contributed by atoms with Gasteiger partial charge in [0.25, 0.3) is 5.91 Å². The van der Waals surface area contributed by atoms with Crippen LogP contribution in [0.15, 0.2) is 46.9 Å². The van der Waals surface area contributed by atoms with E-state index in [1.165, 1.54) is 4.90 Å². The fourth-order valence-corrected chi connectivity index (χ4v) is 3.94. The van der Waals surface area contributed by atoms with Gasteiger partial charge in [-0.15, -0.1) is 0 Å². The molecule has 3 aromatic rings. The Balaban J connectivity index is 1.45. The second kappa shape index (κ2) is 6.09. The summed E-state index contributed by atoms with van der Waals surface area (Å²) < 4.78 is 8.39. The fraction of sp³-hybridized carbons (Fsp3) is 0.211. The maximum Gasteiger partial charge on any atom is 0.265 e. The first-order valence-electron chi connectivity index (χ1n) is 8.60. The van der Waals surface area contributed by atoms with E-state index >= 15 is 0 Å². The van der Waals surface area contributed by atoms with Gasteiger partial charge in [0.15, 0.2) is 6.61 Å². The first-order chi connectivity index (χ1) is 13.1. The van der Waals surface area contributed by atoms with E-state index in [9.17, 15) is 9.59 Å². The smallest absolute Gasteiger partial charge is 0.265 e. The van der Waals surface area contributed by atoms with Crippen LogP contribution in [0.5, 0.6) is 5.75 Å². The average Bonchev–Trinajstić information content (AvgIpc) is 3.23. The number of hydrogen-bond donors (Lipinski definition) is 0. The van der Waals surface area contributed by atoms with Crippen LogP contribution in [0.25, 0.3) is 11.0 Å². The molecule has 0 fully saturated rings. The molecule has 0 radical (unpaired) electrons. The normalized spacial score (nSPS) is 15.7. The number of nitrogens with zero attached hydrogens (tertiary/aromatic N) is 4. The highest BCUT2D eigenvalue weighted by Crippen LogP contribution is 2.35. The van der Waals surface area contributed by atoms with Crippen molar-refractivity contribution in [3.63, 3.8) is 0 Å². The molecule has 7 nitrogen and oxygen atoms in total. The molecule has 2 aliphatic heterocycles. The molecular weight excluding hydrogens is 412 g/mol. The van der Waals surface area contributed by atoms with Gasteiger partial charge < -0.3 is 9.30 Å². The zero-order valence-corrected chi connectivity index (χ0v) is 15.8. The van der Waals surface area contributed by atoms with Gasteiger partial charge in [-0.05, 0) is 30.3 Å². The third kappa shape index (κ3) is 2.59. The number of ether oxygens (including phenoxy) is 1. The van der Waals surface area contributed by atoms with Gasteiger partial charge in [0.1, 0.15) is 12.3 Å². The number of anilines is 2. The molecule has 0 saturated carbocycles. The number of carbonyl (C=O) groups excluding carboxylic acids is 2. The second-order valence-corrected chi connectivity index (χ2v) is 7.39. The van der Waals surface area contributed by atoms with Crippen LogP contribution in [0.1, 0.15) is 0 Å². The predicted octanol–water partition coefficient (Wildman–Crippen LogP) is 2.57. The van der Waals surface area contributed by atoms with Crippen LogP contribution >= 0.6 is 15.9 Å². The van der Waals surface area contributed by atoms with Gasteiger partial charge in [-0.3, -0.25) is 19.4 Å². The highest BCUT2D eigenvalue weighted by atomic mass is 79.9. The second-order valence-electron chi connectivity index (χ2n) is 6.48. The number of para-hydroxylation sites is 2. The third-order valence-electron chi connectivity index (χ3n) is 4.88. The Bertz CT molecular complexity index is 1090. The summed E-state index contributed by atoms with van der Waals surface area (Å²) in [5.74, 6) is 0.836. The van der Waals surface area contributed by atoms with Crippen LogP contribution < -0.4 is 14.5 Å². The van der Waals surface area contributed by atoms with Gasteiger partial charge in [-0.25, -0.2) is 4.98 Å². The Kier molecular flexibility index (Phi) is 3.68. The molecule has 2 aliphatic rings. The molecule has 1 aromatic heterocycles. The Morgan fingerprint density at radius 2 is 2.04 bits per heavy atom. The summed E-state index contributed by atoms with van der Waals surface area (Å²) in [6.07, 6.45) is 0. The van der Waals surface area contributed by atoms with E-state index in [2.05, 4.69) is 20.9 Å². The zero-order chi connectivity index (χ0) is 18.5. The molecule has 0 saturated heterocycles. The summed E-state index contributed by atoms with van der Waals surface area (Å²) >= 11 is 3.40. The van der Waals surface area contributed by atoms with E-state index < -0.39 is 0 Å². The molecule has 2 aromatic carbocycles. The minimum atomic E-state index is -0.231. The van der Waals surface area contributed by atoms with E-state index in [4.69, 9.17) is 4.74 Å². The summed E-state index contributed by atoms with van der Waals surface area (Å²) in [5, 5.41) is 0. The molecule has 0 bridgehead atoms. The number of hydrogen-bond acceptors (Lipinski definition) is 4. The van der Waals surface area contributed by atoms with Gasteiger partial charge in [0, 0.05) is 17.6 Å². The lowest BCUT2D eigenvalue weighted by Crippen LogP contribution is -2.46. The van der Waals surface area contributed by atoms with E-state index in [1.807, 2.05) is 34.9 Å². The molecule has 27 heavy (non-hydrogen) atoms. The average molecular weight is 427 g/mol. The number of benzene rings is 2. The number of amides is 2. The number of rotatable bonds is 2. The van der Waals surface area contributed by atoms with Gasteiger partial charge in [0.2, 0.25) is 11.9 Å². The number of carbonyl (C=O) groups is 2. The molecule has 0 N–H and O–H groups in total. The van der Waals surface area contributed by atoms with Crippen molar-refractivity contribution in [2.24, 2.45) is 0 Å². The van der Waals surface area contributed by atoms with Crippen molar-refractivity contribution < 1.29 is 14.3 Å². The Hall–Kier alpha value is -2.87. The van der Waals surface area contributed by atoms with Crippen molar-refractivity contribution in [1.29, 1.82) is 0 Å². The zero-order valence-electron chi connectivity index (χ0n) is 14.3. The lowest BCUT2D eigenvalue weighted by molar-refractivity contribution is -0.124. The largest absolute Gasteiger partial charge is 0.482 e. The number of aromatic nitrogens is 2. The van der Waals surface area contributed by atoms with Crippen molar-refractivity contribution in [1.82, 2.24) is 9.55 Å². The van der Waals surface area contributed by atoms with E-state index in [-0.39, 0.29) is 25.0 Å². The Morgan fingerprint density at radius 3 is 2.93 bits per heavy atom. The molecule has 0 unspecified atom stereocenters. The van der Waals surface area contributed by atoms with Crippen molar-refractivity contribution in [3.8, 4) is 5.75 Å². The molecule has 136 valence electrons. The van der Waals surface area contributed by atoms with Crippen molar-refractivity contribution in [3.05, 3.63) is 46.9 Å². The topological polar surface area (TPSA) is 67.7 Å². The molecule has 8 heteroatoms. The maximum atomic E-state index is 13.0. The number of halogens is 1. The molecule has 5 rings (SSSR count). The molecule has 0 atom stereocenters. The van der Waals surface area contributed by atoms with E-state index in [0.717, 1.165) is 15.5 Å². The highest BCUT2D eigenvalue weighted by Gasteiger charge is 2.33. The fourth-order valence-electron chi connectivity index (χ4n) is 3.60. The van der Waals surface area contributed by atoms with Crippen molar-refractivity contribution >= 4 is 50.4 Å². The standard InChI is InChI=1S/C19H15BrN4O3/c20-12-5-6-15-16(9-12)27-11-18(26)24(15)10-17(25)23-8-7-22-14-4-2-1-3-13(14)21-19(22)23/h1-6,9H,7-8,10-11H2. The summed E-state index contributed by atoms with van der Waals surface area (Å²) in [4.78, 5) is 33.1. The molecule has 0 spiro atoms. The predicted molar refractivity (Wildman–Crippen MR) is 104 cm³/mol. The van der Waals surface area contributed by atoms with Crippen LogP contribution in [0.4, 0.5) is 11.6 Å². The van der Waals surface area contributed by atoms with Gasteiger partial charge in [-0.2, -0.15) is 0 Å². The Labute approximate surface area is 163 Å². The monoisotopic (exact) mass is 426 g/mol. The molecular formula is C19H15BrN4O3. The lowest BCUT2D eigenvalue weighted by Gasteiger charge is -2.30. The first kappa shape index (κ1) is 16.3. The van der Waals surface area contributed by atoms with Gasteiger partial charge in [-0.1, -0.05) is 28.1 Å². The highest BCUT2D eigenvalue weighted by molar-refractivity contribution is 9.10. The number of imidazole rings is 1. The van der Waals surface area contributed by atoms with E-state index in [1.54, 1.807) is 17.0 Å². The van der Waals surface area contributed by atoms with Crippen LogP contribution in [-0.4, -0.2) is 41.1 Å². The SMILES string of the molecule is O=C1COc2cc(Br)ccc2N1CC(=O)N1CCn2c1nc1ccccc12. The van der Waals surface area contributed by atoms with Crippen LogP contribution in [0.3, 0.4) is 0 Å². The van der Waals surface area contributed by atoms with Gasteiger partial charge >= 0.3 is 0 Å². The third-order valence-corrected chi connectivity index (χ3v) is 5.38. The summed E-state index contributed by atoms with van der Waals surface area (Å²) in [6, 6.07) is 13.2. The van der Waals surface area contributed by atoms with Crippen molar-refractivity contribution in [2.75, 3.05) is 29.5 Å². The maximum absolute atomic E-state index is 13.0. The van der Waals surface area contributed by atoms with Crippen LogP contribution in [0.2, 0.25) is 0 Å². The minimum Gasteiger partial charge on any atom is -0.482 e. The van der Waals surface area contributed by atoms with Crippen molar-refractivity contribution in [2.45, 2.75) is 6.54 Å². The van der Waals surface area contributed by atoms with Crippen LogP contribution in [-0.2, 0) is 16.1 Å². The molecule has 0 aliphatic carbocycles. The lowest BCUT2D eigenvalue weighted by atomic mass is 10.2. The summed E-state index contributed by atoms with van der Waals surface area (Å²) in [6.45, 7) is 1.13. The summed E-state index contributed by atoms with van der Waals surface area (Å²) in [7, 11) is 0. The van der Waals surface area contributed by atoms with Crippen LogP contribution in [0, 0.1) is 0 Å². The number of fused-ring (bicyclic) bond motifs is 4. The molecule has 2 amide bonds. The Morgan fingerprint density at radius 1 is 1.19 bits per heavy atom. The first-order valence-corrected chi connectivity index (χ1v) is 9.39.